The molecule has 0 bridgehead atoms. The van der Waals surface area contributed by atoms with Crippen molar-refractivity contribution >= 4 is 40.9 Å². The van der Waals surface area contributed by atoms with Crippen LogP contribution in [-0.4, -0.2) is 38.0 Å². The molecule has 4 nitrogen and oxygen atoms in total. The topological polar surface area (TPSA) is 45.5 Å². The Hall–Kier alpha value is -1.23. The van der Waals surface area contributed by atoms with Crippen LogP contribution in [0.4, 0.5) is 0 Å². The monoisotopic (exact) mass is 302 g/mol. The first-order valence-electron chi connectivity index (χ1n) is 5.71. The van der Waals surface area contributed by atoms with Crippen LogP contribution in [-0.2, 0) is 0 Å². The molecule has 1 amide bonds. The molecule has 0 unspecified atom stereocenters. The molecule has 0 atom stereocenters. The normalized spacial score (nSPS) is 10.3. The molecule has 1 N–H and O–H groups in total. The molecule has 6 heteroatoms. The average molecular weight is 303 g/mol. The number of nitrogens with zero attached hydrogens (tertiary/aromatic N) is 1. The highest BCUT2D eigenvalue weighted by atomic mass is 35.5. The second-order valence-corrected chi connectivity index (χ2v) is 4.56. The van der Waals surface area contributed by atoms with Crippen LogP contribution in [0.25, 0.3) is 11.0 Å². The van der Waals surface area contributed by atoms with Crippen LogP contribution in [0.5, 0.6) is 0 Å². The number of carbonyl (C=O) groups excluding carboxylic acids is 1. The number of rotatable bonds is 4. The summed E-state index contributed by atoms with van der Waals surface area (Å²) in [6, 6.07) is 7.01. The molecule has 2 rings (SSSR count). The Bertz CT molecular complexity index is 569. The van der Waals surface area contributed by atoms with Gasteiger partial charge in [-0.3, -0.25) is 4.79 Å². The van der Waals surface area contributed by atoms with E-state index in [1.807, 2.05) is 7.05 Å². The summed E-state index contributed by atoms with van der Waals surface area (Å²) in [5, 5.41) is 4.47. The van der Waals surface area contributed by atoms with E-state index in [-0.39, 0.29) is 18.3 Å². The van der Waals surface area contributed by atoms with E-state index in [1.54, 1.807) is 36.2 Å². The third-order valence-electron chi connectivity index (χ3n) is 2.73. The van der Waals surface area contributed by atoms with Gasteiger partial charge in [0.1, 0.15) is 5.58 Å². The molecular weight excluding hydrogens is 287 g/mol. The third-order valence-corrected chi connectivity index (χ3v) is 2.97. The zero-order chi connectivity index (χ0) is 13.1. The summed E-state index contributed by atoms with van der Waals surface area (Å²) in [6.45, 7) is 1.38. The van der Waals surface area contributed by atoms with Crippen molar-refractivity contribution < 1.29 is 9.21 Å². The van der Waals surface area contributed by atoms with Crippen LogP contribution in [0.2, 0.25) is 5.02 Å². The van der Waals surface area contributed by atoms with Gasteiger partial charge in [-0.25, -0.2) is 0 Å². The van der Waals surface area contributed by atoms with Crippen LogP contribution in [0.1, 0.15) is 10.6 Å². The number of likely N-dealkylation sites (N-methyl/N-ethyl adjacent to an activating group) is 2. The van der Waals surface area contributed by atoms with Gasteiger partial charge in [-0.1, -0.05) is 11.6 Å². The zero-order valence-electron chi connectivity index (χ0n) is 10.8. The van der Waals surface area contributed by atoms with E-state index in [0.29, 0.717) is 22.9 Å². The summed E-state index contributed by atoms with van der Waals surface area (Å²) in [7, 11) is 3.60. The summed E-state index contributed by atoms with van der Waals surface area (Å²) >= 11 is 5.89. The SMILES string of the molecule is CNCCN(C)C(=O)c1cc2cc(Cl)ccc2o1.Cl. The molecule has 0 aliphatic rings. The number of furan rings is 1. The van der Waals surface area contributed by atoms with Crippen molar-refractivity contribution in [1.29, 1.82) is 0 Å². The molecule has 0 aliphatic carbocycles. The Kier molecular flexibility index (Phi) is 5.66. The molecule has 104 valence electrons. The second kappa shape index (κ2) is 6.80. The summed E-state index contributed by atoms with van der Waals surface area (Å²) in [4.78, 5) is 13.7. The summed E-state index contributed by atoms with van der Waals surface area (Å²) < 4.78 is 5.52. The lowest BCUT2D eigenvalue weighted by atomic mass is 10.2. The summed E-state index contributed by atoms with van der Waals surface area (Å²) in [6.07, 6.45) is 0. The second-order valence-electron chi connectivity index (χ2n) is 4.12. The van der Waals surface area contributed by atoms with E-state index in [0.717, 1.165) is 11.9 Å². The Balaban J connectivity index is 0.00000180. The van der Waals surface area contributed by atoms with E-state index in [1.165, 1.54) is 0 Å². The highest BCUT2D eigenvalue weighted by Gasteiger charge is 2.16. The number of carbonyl (C=O) groups is 1. The molecule has 1 aromatic heterocycles. The Morgan fingerprint density at radius 2 is 2.16 bits per heavy atom. The third kappa shape index (κ3) is 3.62. The number of benzene rings is 1. The van der Waals surface area contributed by atoms with Crippen molar-refractivity contribution in [1.82, 2.24) is 10.2 Å². The maximum atomic E-state index is 12.1. The molecular formula is C13H16Cl2N2O2. The molecule has 19 heavy (non-hydrogen) atoms. The van der Waals surface area contributed by atoms with Crippen molar-refractivity contribution in [3.8, 4) is 0 Å². The van der Waals surface area contributed by atoms with Crippen LogP contribution < -0.4 is 5.32 Å². The Morgan fingerprint density at radius 3 is 2.84 bits per heavy atom. The van der Waals surface area contributed by atoms with Crippen molar-refractivity contribution in [2.75, 3.05) is 27.2 Å². The highest BCUT2D eigenvalue weighted by molar-refractivity contribution is 6.31. The van der Waals surface area contributed by atoms with E-state index in [2.05, 4.69) is 5.32 Å². The number of hydrogen-bond donors (Lipinski definition) is 1. The van der Waals surface area contributed by atoms with Crippen LogP contribution in [0.15, 0.2) is 28.7 Å². The number of amides is 1. The number of halogens is 2. The van der Waals surface area contributed by atoms with Crippen molar-refractivity contribution in [2.24, 2.45) is 0 Å². The lowest BCUT2D eigenvalue weighted by Gasteiger charge is -2.14. The van der Waals surface area contributed by atoms with Gasteiger partial charge in [0, 0.05) is 30.5 Å². The fourth-order valence-electron chi connectivity index (χ4n) is 1.69. The minimum Gasteiger partial charge on any atom is -0.451 e. The van der Waals surface area contributed by atoms with Gasteiger partial charge in [-0.15, -0.1) is 12.4 Å². The van der Waals surface area contributed by atoms with Crippen molar-refractivity contribution in [3.63, 3.8) is 0 Å². The first-order valence-corrected chi connectivity index (χ1v) is 6.09. The largest absolute Gasteiger partial charge is 0.451 e. The first kappa shape index (κ1) is 15.8. The fourth-order valence-corrected chi connectivity index (χ4v) is 1.87. The maximum absolute atomic E-state index is 12.1. The first-order chi connectivity index (χ1) is 8.61. The molecule has 0 saturated heterocycles. The maximum Gasteiger partial charge on any atom is 0.289 e. The summed E-state index contributed by atoms with van der Waals surface area (Å²) in [5.41, 5.74) is 0.671. The van der Waals surface area contributed by atoms with Gasteiger partial charge in [-0.2, -0.15) is 0 Å². The van der Waals surface area contributed by atoms with E-state index in [4.69, 9.17) is 16.0 Å². The van der Waals surface area contributed by atoms with Crippen LogP contribution in [0, 0.1) is 0 Å². The van der Waals surface area contributed by atoms with Gasteiger partial charge in [0.2, 0.25) is 0 Å². The van der Waals surface area contributed by atoms with Gasteiger partial charge in [0.25, 0.3) is 5.91 Å². The molecule has 0 aliphatic heterocycles. The highest BCUT2D eigenvalue weighted by Crippen LogP contribution is 2.23. The van der Waals surface area contributed by atoms with Crippen molar-refractivity contribution in [2.45, 2.75) is 0 Å². The van der Waals surface area contributed by atoms with Gasteiger partial charge in [0.05, 0.1) is 0 Å². The lowest BCUT2D eigenvalue weighted by Crippen LogP contribution is -2.32. The van der Waals surface area contributed by atoms with Gasteiger partial charge in [0.15, 0.2) is 5.76 Å². The summed E-state index contributed by atoms with van der Waals surface area (Å²) in [5.74, 6) is 0.212. The quantitative estimate of drug-likeness (QED) is 0.944. The Labute approximate surface area is 123 Å². The molecule has 2 aromatic rings. The minimum absolute atomic E-state index is 0. The van der Waals surface area contributed by atoms with E-state index >= 15 is 0 Å². The molecule has 0 saturated carbocycles. The average Bonchev–Trinajstić information content (AvgIpc) is 2.77. The molecule has 0 fully saturated rings. The van der Waals surface area contributed by atoms with Crippen molar-refractivity contribution in [3.05, 3.63) is 35.0 Å². The van der Waals surface area contributed by atoms with E-state index in [9.17, 15) is 4.79 Å². The molecule has 1 heterocycles. The standard InChI is InChI=1S/C13H15ClN2O2.ClH/c1-15-5-6-16(2)13(17)12-8-9-7-10(14)3-4-11(9)18-12;/h3-4,7-8,15H,5-6H2,1-2H3;1H. The number of nitrogens with one attached hydrogen (secondary N) is 1. The smallest absolute Gasteiger partial charge is 0.289 e. The minimum atomic E-state index is -0.127. The Morgan fingerprint density at radius 1 is 1.42 bits per heavy atom. The van der Waals surface area contributed by atoms with Crippen LogP contribution in [0.3, 0.4) is 0 Å². The lowest BCUT2D eigenvalue weighted by molar-refractivity contribution is 0.0768. The van der Waals surface area contributed by atoms with E-state index < -0.39 is 0 Å². The van der Waals surface area contributed by atoms with Gasteiger partial charge >= 0.3 is 0 Å². The molecule has 0 spiro atoms. The molecule has 0 radical (unpaired) electrons. The number of hydrogen-bond acceptors (Lipinski definition) is 3. The number of fused-ring (bicyclic) bond motifs is 1. The van der Waals surface area contributed by atoms with Gasteiger partial charge in [-0.05, 0) is 31.3 Å². The predicted octanol–water partition coefficient (Wildman–Crippen LogP) is 2.80. The predicted molar refractivity (Wildman–Crippen MR) is 79.4 cm³/mol. The molecule has 1 aromatic carbocycles. The van der Waals surface area contributed by atoms with Crippen LogP contribution >= 0.6 is 24.0 Å². The fraction of sp³-hybridized carbons (Fsp3) is 0.308. The zero-order valence-corrected chi connectivity index (χ0v) is 12.3. The van der Waals surface area contributed by atoms with Gasteiger partial charge < -0.3 is 14.6 Å².